The van der Waals surface area contributed by atoms with Crippen LogP contribution in [-0.2, 0) is 14.3 Å². The van der Waals surface area contributed by atoms with Crippen LogP contribution in [0.1, 0.15) is 26.2 Å². The Bertz CT molecular complexity index is 504. The van der Waals surface area contributed by atoms with Gasteiger partial charge in [0.25, 0.3) is 0 Å². The van der Waals surface area contributed by atoms with Crippen molar-refractivity contribution in [2.24, 2.45) is 11.8 Å². The van der Waals surface area contributed by atoms with E-state index in [4.69, 9.17) is 4.74 Å². The van der Waals surface area contributed by atoms with E-state index in [1.165, 1.54) is 4.90 Å². The number of methoxy groups -OCH3 is 1. The maximum Gasteiger partial charge on any atom is 1.00 e. The van der Waals surface area contributed by atoms with Gasteiger partial charge in [0.05, 0.1) is 35.8 Å². The summed E-state index contributed by atoms with van der Waals surface area (Å²) in [6.07, 6.45) is 1.47. The van der Waals surface area contributed by atoms with Crippen LogP contribution in [0.4, 0.5) is 0 Å². The molecule has 1 unspecified atom stereocenters. The molecule has 1 saturated heterocycles. The average molecular weight is 319 g/mol. The summed E-state index contributed by atoms with van der Waals surface area (Å²) in [5, 5.41) is 21.2. The molecule has 2 fully saturated rings. The van der Waals surface area contributed by atoms with E-state index in [1.807, 2.05) is 0 Å². The number of nitrogens with zero attached hydrogens (tertiary/aromatic N) is 1. The normalized spacial score (nSPS) is 35.6. The molecule has 7 heteroatoms. The third kappa shape index (κ3) is 2.47. The molecule has 0 spiro atoms. The van der Waals surface area contributed by atoms with Crippen LogP contribution < -0.4 is 56.5 Å². The van der Waals surface area contributed by atoms with Gasteiger partial charge >= 0.3 is 51.4 Å². The van der Waals surface area contributed by atoms with E-state index in [-0.39, 0.29) is 81.1 Å². The number of carboxylic acids is 1. The molecule has 110 valence electrons. The Hall–Kier alpha value is 0.236. The molecule has 0 aromatic carbocycles. The number of fused-ring (bicyclic) bond motifs is 3. The van der Waals surface area contributed by atoms with Gasteiger partial charge in [-0.25, -0.2) is 0 Å². The minimum absolute atomic E-state index is 0. The Kier molecular flexibility index (Phi) is 5.35. The van der Waals surface area contributed by atoms with Crippen molar-refractivity contribution >= 4 is 11.9 Å². The van der Waals surface area contributed by atoms with Crippen LogP contribution in [-0.4, -0.2) is 47.2 Å². The third-order valence-corrected chi connectivity index (χ3v) is 4.84. The molecule has 1 N–H and O–H groups in total. The third-order valence-electron chi connectivity index (χ3n) is 4.84. The summed E-state index contributed by atoms with van der Waals surface area (Å²) >= 11 is 0. The zero-order chi connectivity index (χ0) is 14.6. The van der Waals surface area contributed by atoms with E-state index in [0.29, 0.717) is 5.57 Å². The summed E-state index contributed by atoms with van der Waals surface area (Å²) in [5.41, 5.74) is 0.661. The van der Waals surface area contributed by atoms with Crippen LogP contribution in [0.3, 0.4) is 0 Å². The van der Waals surface area contributed by atoms with Gasteiger partial charge in [-0.1, -0.05) is 0 Å². The summed E-state index contributed by atoms with van der Waals surface area (Å²) in [7, 11) is 1.55. The second kappa shape index (κ2) is 6.39. The van der Waals surface area contributed by atoms with Crippen LogP contribution in [0.5, 0.6) is 0 Å². The first kappa shape index (κ1) is 17.6. The number of hydrogen-bond donors (Lipinski definition) is 1. The molecule has 5 atom stereocenters. The molecule has 2 heterocycles. The Morgan fingerprint density at radius 3 is 2.67 bits per heavy atom. The standard InChI is InChI=1S/C14H19NO5.K/c1-6(16)9-11-7-4-3-5-8(20-2)10(7)12(14(18)19)15(11)13(9)17;/h6-9,11,16H,3-5H2,1-2H3,(H,18,19);/q;+1/p-1/t6-,7+,8-,9-,11?;/m1./s1. The molecule has 0 radical (unpaired) electrons. The summed E-state index contributed by atoms with van der Waals surface area (Å²) < 4.78 is 5.39. The number of carboxylic acid groups (broad SMARTS) is 1. The molecule has 0 bridgehead atoms. The Balaban J connectivity index is 0.00000161. The zero-order valence-electron chi connectivity index (χ0n) is 12.5. The summed E-state index contributed by atoms with van der Waals surface area (Å²) in [6, 6.07) is -0.247. The van der Waals surface area contributed by atoms with Crippen LogP contribution in [0.15, 0.2) is 11.3 Å². The number of rotatable bonds is 3. The number of amides is 1. The number of ether oxygens (including phenoxy) is 1. The zero-order valence-corrected chi connectivity index (χ0v) is 15.7. The van der Waals surface area contributed by atoms with Gasteiger partial charge in [-0.3, -0.25) is 4.79 Å². The van der Waals surface area contributed by atoms with E-state index in [0.717, 1.165) is 19.3 Å². The number of hydrogen-bond acceptors (Lipinski definition) is 5. The van der Waals surface area contributed by atoms with Crippen LogP contribution in [0, 0.1) is 11.8 Å². The summed E-state index contributed by atoms with van der Waals surface area (Å²) in [6.45, 7) is 1.58. The second-order valence-electron chi connectivity index (χ2n) is 5.82. The number of aliphatic hydroxyl groups is 1. The van der Waals surface area contributed by atoms with Gasteiger partial charge in [0.2, 0.25) is 5.91 Å². The van der Waals surface area contributed by atoms with Crippen molar-refractivity contribution in [3.8, 4) is 0 Å². The predicted molar refractivity (Wildman–Crippen MR) is 66.0 cm³/mol. The first-order valence-electron chi connectivity index (χ1n) is 6.98. The molecule has 2 aliphatic heterocycles. The van der Waals surface area contributed by atoms with Crippen molar-refractivity contribution in [2.45, 2.75) is 44.4 Å². The number of aliphatic carboxylic acids is 1. The Morgan fingerprint density at radius 2 is 2.14 bits per heavy atom. The summed E-state index contributed by atoms with van der Waals surface area (Å²) in [4.78, 5) is 24.9. The van der Waals surface area contributed by atoms with Gasteiger partial charge in [-0.05, 0) is 31.8 Å². The molecule has 1 amide bonds. The van der Waals surface area contributed by atoms with Crippen molar-refractivity contribution in [1.29, 1.82) is 0 Å². The quantitative estimate of drug-likeness (QED) is 0.423. The maximum absolute atomic E-state index is 12.1. The van der Waals surface area contributed by atoms with E-state index < -0.39 is 18.0 Å². The number of carbonyl (C=O) groups is 2. The molecule has 3 aliphatic rings. The first-order chi connectivity index (χ1) is 9.49. The smallest absolute Gasteiger partial charge is 0.543 e. The monoisotopic (exact) mass is 319 g/mol. The van der Waals surface area contributed by atoms with Gasteiger partial charge in [0.1, 0.15) is 0 Å². The second-order valence-corrected chi connectivity index (χ2v) is 5.82. The predicted octanol–water partition coefficient (Wildman–Crippen LogP) is -3.97. The van der Waals surface area contributed by atoms with Crippen LogP contribution >= 0.6 is 0 Å². The molecule has 21 heavy (non-hydrogen) atoms. The van der Waals surface area contributed by atoms with Crippen molar-refractivity contribution in [1.82, 2.24) is 4.90 Å². The number of carbonyl (C=O) groups excluding carboxylic acids is 2. The van der Waals surface area contributed by atoms with Crippen LogP contribution in [0.25, 0.3) is 0 Å². The number of aliphatic hydroxyl groups excluding tert-OH is 1. The molecule has 1 aliphatic carbocycles. The van der Waals surface area contributed by atoms with E-state index in [1.54, 1.807) is 14.0 Å². The molecular formula is C14H18KNO5. The molecule has 0 aromatic rings. The Labute approximate surface area is 165 Å². The van der Waals surface area contributed by atoms with Crippen LogP contribution in [0.2, 0.25) is 0 Å². The fourth-order valence-corrected chi connectivity index (χ4v) is 4.07. The van der Waals surface area contributed by atoms with Gasteiger partial charge in [0, 0.05) is 13.0 Å². The summed E-state index contributed by atoms with van der Waals surface area (Å²) in [5.74, 6) is -2.18. The van der Waals surface area contributed by atoms with Gasteiger partial charge in [-0.15, -0.1) is 0 Å². The minimum atomic E-state index is -1.33. The topological polar surface area (TPSA) is 89.9 Å². The van der Waals surface area contributed by atoms with Crippen molar-refractivity contribution in [3.63, 3.8) is 0 Å². The fraction of sp³-hybridized carbons (Fsp3) is 0.714. The van der Waals surface area contributed by atoms with Gasteiger partial charge < -0.3 is 24.6 Å². The van der Waals surface area contributed by atoms with Gasteiger partial charge in [-0.2, -0.15) is 0 Å². The van der Waals surface area contributed by atoms with Gasteiger partial charge in [0.15, 0.2) is 0 Å². The minimum Gasteiger partial charge on any atom is -0.543 e. The van der Waals surface area contributed by atoms with Crippen molar-refractivity contribution in [3.05, 3.63) is 11.3 Å². The van der Waals surface area contributed by atoms with E-state index in [9.17, 15) is 19.8 Å². The fourth-order valence-electron chi connectivity index (χ4n) is 4.07. The molecular weight excluding hydrogens is 301 g/mol. The van der Waals surface area contributed by atoms with Crippen molar-refractivity contribution in [2.75, 3.05) is 7.11 Å². The largest absolute Gasteiger partial charge is 1.00 e. The molecule has 0 aromatic heterocycles. The van der Waals surface area contributed by atoms with E-state index >= 15 is 0 Å². The Morgan fingerprint density at radius 1 is 1.48 bits per heavy atom. The molecule has 3 rings (SSSR count). The molecule has 6 nitrogen and oxygen atoms in total. The SMILES string of the molecule is CO[C@@H]1CCC[C@H]2C1=C(C(=O)[O-])N1C(=O)[C@H]([C@@H](C)O)C21.[K+]. The maximum atomic E-state index is 12.1. The average Bonchev–Trinajstić information content (AvgIpc) is 2.69. The number of β-lactam (4-membered cyclic amide) rings is 1. The first-order valence-corrected chi connectivity index (χ1v) is 6.98. The van der Waals surface area contributed by atoms with Crippen molar-refractivity contribution < 1.29 is 75.9 Å². The molecule has 1 saturated carbocycles. The van der Waals surface area contributed by atoms with E-state index in [2.05, 4.69) is 0 Å².